The molecule has 3 nitrogen and oxygen atoms in total. The third-order valence-electron chi connectivity index (χ3n) is 5.17. The van der Waals surface area contributed by atoms with Crippen molar-refractivity contribution in [1.29, 1.82) is 5.26 Å². The zero-order valence-electron chi connectivity index (χ0n) is 13.3. The minimum atomic E-state index is -0.178. The molecule has 22 heavy (non-hydrogen) atoms. The van der Waals surface area contributed by atoms with E-state index in [2.05, 4.69) is 22.8 Å². The second-order valence-corrected chi connectivity index (χ2v) is 6.94. The van der Waals surface area contributed by atoms with Gasteiger partial charge in [-0.25, -0.2) is 4.39 Å². The number of nitriles is 1. The van der Waals surface area contributed by atoms with Gasteiger partial charge in [-0.3, -0.25) is 4.90 Å². The fourth-order valence-corrected chi connectivity index (χ4v) is 3.82. The largest absolute Gasteiger partial charge is 0.371 e. The molecule has 1 atom stereocenters. The maximum Gasteiger partial charge on any atom is 0.123 e. The zero-order chi connectivity index (χ0) is 15.6. The van der Waals surface area contributed by atoms with Crippen LogP contribution in [0.3, 0.4) is 0 Å². The average Bonchev–Trinajstić information content (AvgIpc) is 2.56. The van der Waals surface area contributed by atoms with Gasteiger partial charge in [0.05, 0.1) is 11.5 Å². The first kappa shape index (κ1) is 15.3. The molecule has 4 heteroatoms. The van der Waals surface area contributed by atoms with Gasteiger partial charge in [-0.15, -0.1) is 0 Å². The average molecular weight is 301 g/mol. The zero-order valence-corrected chi connectivity index (χ0v) is 13.3. The van der Waals surface area contributed by atoms with E-state index in [-0.39, 0.29) is 11.2 Å². The topological polar surface area (TPSA) is 30.3 Å². The van der Waals surface area contributed by atoms with Gasteiger partial charge in [0.25, 0.3) is 0 Å². The van der Waals surface area contributed by atoms with Crippen LogP contribution < -0.4 is 4.90 Å². The Labute approximate surface area is 132 Å². The summed E-state index contributed by atoms with van der Waals surface area (Å²) in [6, 6.07) is 9.88. The van der Waals surface area contributed by atoms with Crippen molar-refractivity contribution in [2.75, 3.05) is 31.1 Å². The summed E-state index contributed by atoms with van der Waals surface area (Å²) in [5, 5.41) is 9.36. The Hall–Kier alpha value is -1.60. The molecule has 2 saturated heterocycles. The van der Waals surface area contributed by atoms with Crippen molar-refractivity contribution in [1.82, 2.24) is 4.90 Å². The first-order valence-corrected chi connectivity index (χ1v) is 8.25. The van der Waals surface area contributed by atoms with Crippen LogP contribution in [0.2, 0.25) is 0 Å². The number of likely N-dealkylation sites (tertiary alicyclic amines) is 1. The van der Waals surface area contributed by atoms with Crippen LogP contribution in [0, 0.1) is 22.6 Å². The number of benzene rings is 1. The summed E-state index contributed by atoms with van der Waals surface area (Å²) in [5.74, 6) is -0.178. The first-order valence-electron chi connectivity index (χ1n) is 8.25. The van der Waals surface area contributed by atoms with Crippen molar-refractivity contribution in [2.24, 2.45) is 5.41 Å². The number of piperidine rings is 2. The van der Waals surface area contributed by atoms with Gasteiger partial charge in [-0.2, -0.15) is 5.26 Å². The quantitative estimate of drug-likeness (QED) is 0.838. The standard InChI is InChI=1S/C18H24FN3/c1-18(13-20)9-2-10-22(14-18)17-7-11-21(12-8-17)16-5-3-15(19)4-6-16/h3-6,17H,2,7-12,14H2,1H3/t18-/m1/s1. The van der Waals surface area contributed by atoms with Crippen LogP contribution in [0.1, 0.15) is 32.6 Å². The van der Waals surface area contributed by atoms with E-state index in [1.807, 2.05) is 12.1 Å². The lowest BCUT2D eigenvalue weighted by Crippen LogP contribution is -2.50. The summed E-state index contributed by atoms with van der Waals surface area (Å²) in [6.45, 7) is 6.14. The molecule has 2 fully saturated rings. The summed E-state index contributed by atoms with van der Waals surface area (Å²) in [5.41, 5.74) is 0.937. The van der Waals surface area contributed by atoms with Crippen molar-refractivity contribution in [3.63, 3.8) is 0 Å². The third-order valence-corrected chi connectivity index (χ3v) is 5.17. The summed E-state index contributed by atoms with van der Waals surface area (Å²) < 4.78 is 13.0. The maximum atomic E-state index is 13.0. The highest BCUT2D eigenvalue weighted by atomic mass is 19.1. The highest BCUT2D eigenvalue weighted by Crippen LogP contribution is 2.32. The number of halogens is 1. The Balaban J connectivity index is 1.58. The van der Waals surface area contributed by atoms with Gasteiger partial charge in [0, 0.05) is 31.4 Å². The van der Waals surface area contributed by atoms with Gasteiger partial charge >= 0.3 is 0 Å². The Kier molecular flexibility index (Phi) is 4.35. The fraction of sp³-hybridized carbons (Fsp3) is 0.611. The maximum absolute atomic E-state index is 13.0. The van der Waals surface area contributed by atoms with Crippen molar-refractivity contribution in [3.8, 4) is 6.07 Å². The van der Waals surface area contributed by atoms with E-state index in [1.54, 1.807) is 0 Å². The SMILES string of the molecule is C[C@]1(C#N)CCCN(C2CCN(c3ccc(F)cc3)CC2)C1. The molecule has 1 aromatic carbocycles. The van der Waals surface area contributed by atoms with Gasteiger partial charge in [0.15, 0.2) is 0 Å². The summed E-state index contributed by atoms with van der Waals surface area (Å²) >= 11 is 0. The van der Waals surface area contributed by atoms with E-state index in [4.69, 9.17) is 0 Å². The molecule has 0 aliphatic carbocycles. The van der Waals surface area contributed by atoms with Crippen LogP contribution in [0.15, 0.2) is 24.3 Å². The molecule has 3 rings (SSSR count). The molecule has 0 unspecified atom stereocenters. The van der Waals surface area contributed by atoms with Crippen LogP contribution in [0.4, 0.5) is 10.1 Å². The monoisotopic (exact) mass is 301 g/mol. The number of nitrogens with zero attached hydrogens (tertiary/aromatic N) is 3. The Bertz CT molecular complexity index is 542. The van der Waals surface area contributed by atoms with Crippen molar-refractivity contribution in [3.05, 3.63) is 30.1 Å². The minimum absolute atomic E-state index is 0.174. The molecule has 1 aromatic rings. The van der Waals surface area contributed by atoms with E-state index in [0.29, 0.717) is 6.04 Å². The Morgan fingerprint density at radius 3 is 2.50 bits per heavy atom. The molecule has 0 bridgehead atoms. The predicted molar refractivity (Wildman–Crippen MR) is 86.2 cm³/mol. The van der Waals surface area contributed by atoms with Crippen molar-refractivity contribution < 1.29 is 4.39 Å². The van der Waals surface area contributed by atoms with Crippen molar-refractivity contribution >= 4 is 5.69 Å². The Morgan fingerprint density at radius 2 is 1.86 bits per heavy atom. The van der Waals surface area contributed by atoms with E-state index in [0.717, 1.165) is 57.5 Å². The summed E-state index contributed by atoms with van der Waals surface area (Å²) in [6.07, 6.45) is 4.40. The second kappa shape index (κ2) is 6.26. The third kappa shape index (κ3) is 3.25. The summed E-state index contributed by atoms with van der Waals surface area (Å²) in [4.78, 5) is 4.86. The van der Waals surface area contributed by atoms with E-state index >= 15 is 0 Å². The molecule has 2 aliphatic heterocycles. The van der Waals surface area contributed by atoms with Crippen LogP contribution in [0.5, 0.6) is 0 Å². The van der Waals surface area contributed by atoms with Gasteiger partial charge in [-0.05, 0) is 63.4 Å². The molecule has 0 N–H and O–H groups in total. The van der Waals surface area contributed by atoms with Gasteiger partial charge < -0.3 is 4.90 Å². The molecule has 2 aliphatic rings. The second-order valence-electron chi connectivity index (χ2n) is 6.94. The molecule has 118 valence electrons. The highest BCUT2D eigenvalue weighted by molar-refractivity contribution is 5.46. The lowest BCUT2D eigenvalue weighted by molar-refractivity contribution is 0.0852. The predicted octanol–water partition coefficient (Wildman–Crippen LogP) is 3.42. The van der Waals surface area contributed by atoms with Gasteiger partial charge in [0.2, 0.25) is 0 Å². The molecule has 0 radical (unpaired) electrons. The smallest absolute Gasteiger partial charge is 0.123 e. The van der Waals surface area contributed by atoms with Crippen molar-refractivity contribution in [2.45, 2.75) is 38.6 Å². The fourth-order valence-electron chi connectivity index (χ4n) is 3.82. The number of anilines is 1. The van der Waals surface area contributed by atoms with Gasteiger partial charge in [-0.1, -0.05) is 0 Å². The number of hydrogen-bond acceptors (Lipinski definition) is 3. The minimum Gasteiger partial charge on any atom is -0.371 e. The van der Waals surface area contributed by atoms with Crippen LogP contribution >= 0.6 is 0 Å². The highest BCUT2D eigenvalue weighted by Gasteiger charge is 2.35. The molecular formula is C18H24FN3. The lowest BCUT2D eigenvalue weighted by atomic mass is 9.82. The number of hydrogen-bond donors (Lipinski definition) is 0. The molecule has 0 aromatic heterocycles. The normalized spacial score (nSPS) is 27.6. The molecule has 0 amide bonds. The molecule has 0 spiro atoms. The van der Waals surface area contributed by atoms with E-state index in [1.165, 1.54) is 12.1 Å². The van der Waals surface area contributed by atoms with Gasteiger partial charge in [0.1, 0.15) is 5.82 Å². The number of rotatable bonds is 2. The van der Waals surface area contributed by atoms with Crippen LogP contribution in [-0.4, -0.2) is 37.1 Å². The first-order chi connectivity index (χ1) is 10.6. The molecular weight excluding hydrogens is 277 g/mol. The lowest BCUT2D eigenvalue weighted by Gasteiger charge is -2.44. The molecule has 0 saturated carbocycles. The van der Waals surface area contributed by atoms with E-state index < -0.39 is 0 Å². The molecule has 2 heterocycles. The summed E-state index contributed by atoms with van der Waals surface area (Å²) in [7, 11) is 0. The van der Waals surface area contributed by atoms with Crippen LogP contribution in [-0.2, 0) is 0 Å². The van der Waals surface area contributed by atoms with Crippen LogP contribution in [0.25, 0.3) is 0 Å². The Morgan fingerprint density at radius 1 is 1.18 bits per heavy atom. The van der Waals surface area contributed by atoms with E-state index in [9.17, 15) is 9.65 Å².